The van der Waals surface area contributed by atoms with Crippen molar-refractivity contribution in [1.29, 1.82) is 0 Å². The molecule has 0 saturated carbocycles. The van der Waals surface area contributed by atoms with Gasteiger partial charge in [0.05, 0.1) is 24.6 Å². The van der Waals surface area contributed by atoms with Crippen LogP contribution >= 0.6 is 0 Å². The number of benzene rings is 2. The van der Waals surface area contributed by atoms with E-state index in [1.165, 1.54) is 0 Å². The van der Waals surface area contributed by atoms with Gasteiger partial charge in [0.15, 0.2) is 5.69 Å². The Hall–Kier alpha value is -3.03. The molecule has 0 radical (unpaired) electrons. The number of nitrogens with one attached hydrogen (secondary N) is 2. The van der Waals surface area contributed by atoms with Crippen LogP contribution in [0.3, 0.4) is 0 Å². The maximum atomic E-state index is 13.1. The fourth-order valence-electron chi connectivity index (χ4n) is 3.48. The highest BCUT2D eigenvalue weighted by Crippen LogP contribution is 2.18. The highest BCUT2D eigenvalue weighted by Gasteiger charge is 2.22. The minimum absolute atomic E-state index is 0.195. The molecule has 7 heteroatoms. The molecule has 1 aliphatic rings. The van der Waals surface area contributed by atoms with Crippen molar-refractivity contribution < 1.29 is 9.53 Å². The lowest BCUT2D eigenvalue weighted by atomic mass is 10.1. The number of ether oxygens (including phenoxy) is 1. The smallest absolute Gasteiger partial charge is 0.272 e. The number of aromatic nitrogens is 2. The molecule has 1 fully saturated rings. The fraction of sp³-hybridized carbons (Fsp3) is 0.286. The third kappa shape index (κ3) is 3.95. The van der Waals surface area contributed by atoms with Crippen LogP contribution in [0, 0.1) is 0 Å². The number of nitrogens with zero attached hydrogens (tertiary/aromatic N) is 2. The molecule has 2 heterocycles. The minimum atomic E-state index is -0.311. The number of carbonyl (C=O) groups is 1. The average Bonchev–Trinajstić information content (AvgIpc) is 2.75. The van der Waals surface area contributed by atoms with Crippen LogP contribution in [0.15, 0.2) is 59.4 Å². The predicted octanol–water partition coefficient (Wildman–Crippen LogP) is 1.73. The van der Waals surface area contributed by atoms with Gasteiger partial charge in [-0.1, -0.05) is 48.5 Å². The number of morpholine rings is 1. The monoisotopic (exact) mass is 378 g/mol. The molecule has 4 rings (SSSR count). The molecular formula is C21H22N4O3. The molecule has 3 aromatic rings. The van der Waals surface area contributed by atoms with Crippen molar-refractivity contribution >= 4 is 16.7 Å². The van der Waals surface area contributed by atoms with Gasteiger partial charge >= 0.3 is 0 Å². The van der Waals surface area contributed by atoms with Gasteiger partial charge in [0.1, 0.15) is 0 Å². The summed E-state index contributed by atoms with van der Waals surface area (Å²) in [5.41, 5.74) is 0.939. The normalized spacial score (nSPS) is 16.0. The Morgan fingerprint density at radius 2 is 1.75 bits per heavy atom. The highest BCUT2D eigenvalue weighted by atomic mass is 16.5. The third-order valence-corrected chi connectivity index (χ3v) is 4.96. The molecule has 2 N–H and O–H groups in total. The van der Waals surface area contributed by atoms with E-state index in [9.17, 15) is 9.59 Å². The van der Waals surface area contributed by atoms with Crippen molar-refractivity contribution in [3.05, 3.63) is 76.2 Å². The summed E-state index contributed by atoms with van der Waals surface area (Å²) < 4.78 is 5.42. The fourth-order valence-corrected chi connectivity index (χ4v) is 3.48. The summed E-state index contributed by atoms with van der Waals surface area (Å²) in [6.07, 6.45) is 0. The molecule has 1 saturated heterocycles. The van der Waals surface area contributed by atoms with Gasteiger partial charge in [-0.15, -0.1) is 0 Å². The van der Waals surface area contributed by atoms with E-state index < -0.39 is 0 Å². The summed E-state index contributed by atoms with van der Waals surface area (Å²) >= 11 is 0. The molecule has 1 unspecified atom stereocenters. The number of hydrogen-bond donors (Lipinski definition) is 2. The van der Waals surface area contributed by atoms with Crippen LogP contribution < -0.4 is 10.9 Å². The van der Waals surface area contributed by atoms with Crippen LogP contribution in [-0.4, -0.2) is 53.9 Å². The number of carbonyl (C=O) groups excluding carboxylic acids is 1. The predicted molar refractivity (Wildman–Crippen MR) is 106 cm³/mol. The Labute approximate surface area is 162 Å². The number of fused-ring (bicyclic) bond motifs is 1. The molecule has 28 heavy (non-hydrogen) atoms. The van der Waals surface area contributed by atoms with E-state index in [4.69, 9.17) is 4.74 Å². The Balaban J connectivity index is 1.62. The third-order valence-electron chi connectivity index (χ3n) is 4.96. The second kappa shape index (κ2) is 8.33. The molecule has 0 spiro atoms. The quantitative estimate of drug-likeness (QED) is 0.706. The van der Waals surface area contributed by atoms with Gasteiger partial charge in [-0.25, -0.2) is 5.10 Å². The maximum Gasteiger partial charge on any atom is 0.272 e. The van der Waals surface area contributed by atoms with E-state index in [1.54, 1.807) is 24.3 Å². The van der Waals surface area contributed by atoms with Crippen LogP contribution in [0.4, 0.5) is 0 Å². The van der Waals surface area contributed by atoms with E-state index in [-0.39, 0.29) is 23.2 Å². The van der Waals surface area contributed by atoms with Crippen molar-refractivity contribution in [2.75, 3.05) is 32.8 Å². The summed E-state index contributed by atoms with van der Waals surface area (Å²) in [7, 11) is 0. The Morgan fingerprint density at radius 3 is 2.50 bits per heavy atom. The van der Waals surface area contributed by atoms with Gasteiger partial charge in [-0.2, -0.15) is 5.10 Å². The molecule has 7 nitrogen and oxygen atoms in total. The molecule has 144 valence electrons. The van der Waals surface area contributed by atoms with Crippen LogP contribution in [0.1, 0.15) is 22.1 Å². The number of rotatable bonds is 5. The SMILES string of the molecule is O=C(NC(CN1CCOCC1)c1ccccc1)c1n[nH]c(=O)c2ccccc12. The van der Waals surface area contributed by atoms with Gasteiger partial charge in [0.2, 0.25) is 0 Å². The van der Waals surface area contributed by atoms with Gasteiger partial charge in [-0.05, 0) is 11.6 Å². The molecule has 1 amide bonds. The Morgan fingerprint density at radius 1 is 1.07 bits per heavy atom. The Bertz CT molecular complexity index is 1010. The molecule has 1 aromatic heterocycles. The molecule has 0 bridgehead atoms. The lowest BCUT2D eigenvalue weighted by molar-refractivity contribution is 0.0332. The lowest BCUT2D eigenvalue weighted by Gasteiger charge is -2.31. The number of aromatic amines is 1. The van der Waals surface area contributed by atoms with Crippen LogP contribution in [0.2, 0.25) is 0 Å². The van der Waals surface area contributed by atoms with Crippen LogP contribution in [0.5, 0.6) is 0 Å². The number of amides is 1. The van der Waals surface area contributed by atoms with Gasteiger partial charge in [0, 0.05) is 25.0 Å². The molecule has 1 atom stereocenters. The molecule has 1 aliphatic heterocycles. The van der Waals surface area contributed by atoms with E-state index in [0.29, 0.717) is 30.5 Å². The zero-order chi connectivity index (χ0) is 19.3. The maximum absolute atomic E-state index is 13.1. The number of H-pyrrole nitrogens is 1. The van der Waals surface area contributed by atoms with Crippen molar-refractivity contribution in [3.8, 4) is 0 Å². The van der Waals surface area contributed by atoms with Gasteiger partial charge in [0.25, 0.3) is 11.5 Å². The van der Waals surface area contributed by atoms with E-state index in [2.05, 4.69) is 20.4 Å². The van der Waals surface area contributed by atoms with Gasteiger partial charge in [-0.3, -0.25) is 14.5 Å². The first kappa shape index (κ1) is 18.3. The average molecular weight is 378 g/mol. The highest BCUT2D eigenvalue weighted by molar-refractivity contribution is 6.04. The molecule has 2 aromatic carbocycles. The summed E-state index contributed by atoms with van der Waals surface area (Å²) in [5.74, 6) is -0.311. The van der Waals surface area contributed by atoms with Crippen molar-refractivity contribution in [3.63, 3.8) is 0 Å². The first-order chi connectivity index (χ1) is 13.7. The van der Waals surface area contributed by atoms with Gasteiger partial charge < -0.3 is 10.1 Å². The Kier molecular flexibility index (Phi) is 5.45. The first-order valence-electron chi connectivity index (χ1n) is 9.36. The van der Waals surface area contributed by atoms with E-state index >= 15 is 0 Å². The van der Waals surface area contributed by atoms with Crippen LogP contribution in [-0.2, 0) is 4.74 Å². The second-order valence-corrected chi connectivity index (χ2v) is 6.80. The summed E-state index contributed by atoms with van der Waals surface area (Å²) in [4.78, 5) is 27.3. The molecule has 0 aliphatic carbocycles. The summed E-state index contributed by atoms with van der Waals surface area (Å²) in [6, 6.07) is 16.7. The van der Waals surface area contributed by atoms with Crippen LogP contribution in [0.25, 0.3) is 10.8 Å². The zero-order valence-corrected chi connectivity index (χ0v) is 15.4. The minimum Gasteiger partial charge on any atom is -0.379 e. The van der Waals surface area contributed by atoms with Crippen molar-refractivity contribution in [2.45, 2.75) is 6.04 Å². The lowest BCUT2D eigenvalue weighted by Crippen LogP contribution is -2.43. The standard InChI is InChI=1S/C21H22N4O3/c26-20-17-9-5-4-8-16(17)19(23-24-20)21(27)22-18(15-6-2-1-3-7-15)14-25-10-12-28-13-11-25/h1-9,18H,10-14H2,(H,22,27)(H,24,26). The van der Waals surface area contributed by atoms with Crippen molar-refractivity contribution in [2.24, 2.45) is 0 Å². The first-order valence-corrected chi connectivity index (χ1v) is 9.36. The summed E-state index contributed by atoms with van der Waals surface area (Å²) in [5, 5.41) is 10.5. The van der Waals surface area contributed by atoms with Crippen molar-refractivity contribution in [1.82, 2.24) is 20.4 Å². The molecular weight excluding hydrogens is 356 g/mol. The second-order valence-electron chi connectivity index (χ2n) is 6.80. The summed E-state index contributed by atoms with van der Waals surface area (Å²) in [6.45, 7) is 3.74. The van der Waals surface area contributed by atoms with E-state index in [1.807, 2.05) is 30.3 Å². The van der Waals surface area contributed by atoms with E-state index in [0.717, 1.165) is 18.7 Å². The topological polar surface area (TPSA) is 87.3 Å². The largest absolute Gasteiger partial charge is 0.379 e. The zero-order valence-electron chi connectivity index (χ0n) is 15.4. The number of hydrogen-bond acceptors (Lipinski definition) is 5.